The van der Waals surface area contributed by atoms with E-state index in [1.165, 1.54) is 13.8 Å². The molecule has 40 heavy (non-hydrogen) atoms. The Kier molecular flexibility index (Phi) is 12.9. The van der Waals surface area contributed by atoms with Gasteiger partial charge in [-0.15, -0.1) is 0 Å². The summed E-state index contributed by atoms with van der Waals surface area (Å²) in [4.78, 5) is 99.0. The van der Waals surface area contributed by atoms with Gasteiger partial charge in [0.05, 0.1) is 19.1 Å². The summed E-state index contributed by atoms with van der Waals surface area (Å²) in [7, 11) is 0. The van der Waals surface area contributed by atoms with Gasteiger partial charge >= 0.3 is 11.9 Å². The maximum absolute atomic E-state index is 12.9. The summed E-state index contributed by atoms with van der Waals surface area (Å²) in [5.41, 5.74) is 0. The van der Waals surface area contributed by atoms with E-state index in [1.54, 1.807) is 13.8 Å². The Bertz CT molecular complexity index is 1020. The predicted octanol–water partition coefficient (Wildman–Crippen LogP) is -4.06. The summed E-state index contributed by atoms with van der Waals surface area (Å²) in [6, 6.07) is -7.44. The Morgan fingerprint density at radius 2 is 1.32 bits per heavy atom. The van der Waals surface area contributed by atoms with Crippen LogP contribution in [0.15, 0.2) is 0 Å². The molecule has 0 aromatic heterocycles. The van der Waals surface area contributed by atoms with E-state index in [-0.39, 0.29) is 0 Å². The molecule has 6 atom stereocenters. The number of carbonyl (C=O) groups excluding carboxylic acids is 6. The topological polar surface area (TPSA) is 269 Å². The van der Waals surface area contributed by atoms with Crippen molar-refractivity contribution in [2.24, 2.45) is 5.92 Å². The molecule has 1 rings (SSSR count). The second kappa shape index (κ2) is 15.3. The fraction of sp³-hybridized carbons (Fsp3) is 0.652. The van der Waals surface area contributed by atoms with Crippen molar-refractivity contribution in [2.75, 3.05) is 6.54 Å². The first-order valence-electron chi connectivity index (χ1n) is 12.4. The lowest BCUT2D eigenvalue weighted by Crippen LogP contribution is -2.61. The number of carbonyl (C=O) groups is 8. The van der Waals surface area contributed by atoms with Crippen molar-refractivity contribution in [1.29, 1.82) is 0 Å². The van der Waals surface area contributed by atoms with Crippen molar-refractivity contribution >= 4 is 47.4 Å². The third kappa shape index (κ3) is 10.8. The van der Waals surface area contributed by atoms with Crippen molar-refractivity contribution in [3.8, 4) is 0 Å². The van der Waals surface area contributed by atoms with Gasteiger partial charge in [-0.05, 0) is 26.2 Å². The quantitative estimate of drug-likeness (QED) is 0.142. The fourth-order valence-electron chi connectivity index (χ4n) is 3.55. The van der Waals surface area contributed by atoms with Crippen molar-refractivity contribution in [1.82, 2.24) is 31.9 Å². The van der Waals surface area contributed by atoms with Gasteiger partial charge in [-0.2, -0.15) is 0 Å². The molecule has 0 aromatic rings. The number of hydrogen-bond acceptors (Lipinski definition) is 9. The average molecular weight is 573 g/mol. The van der Waals surface area contributed by atoms with E-state index < -0.39 is 115 Å². The highest BCUT2D eigenvalue weighted by Crippen LogP contribution is 2.06. The smallest absolute Gasteiger partial charge is 0.305 e. The van der Waals surface area contributed by atoms with Crippen molar-refractivity contribution in [3.05, 3.63) is 0 Å². The zero-order valence-corrected chi connectivity index (χ0v) is 22.5. The zero-order chi connectivity index (χ0) is 30.7. The Morgan fingerprint density at radius 3 is 1.85 bits per heavy atom. The third-order valence-electron chi connectivity index (χ3n) is 5.80. The molecule has 6 amide bonds. The summed E-state index contributed by atoms with van der Waals surface area (Å²) in [6.07, 6.45) is -3.36. The number of aliphatic hydroxyl groups excluding tert-OH is 1. The molecule has 0 aliphatic carbocycles. The van der Waals surface area contributed by atoms with E-state index in [4.69, 9.17) is 5.11 Å². The number of nitrogens with one attached hydrogen (secondary N) is 6. The lowest BCUT2D eigenvalue weighted by molar-refractivity contribution is -0.142. The number of carboxylic acid groups (broad SMARTS) is 2. The SMILES string of the molecule is CC(C)[C@@H]1NC(=O)CNC(=O)[C@H]([C@@H](C)O)NC(=O)[C@H](CCC(=O)O)NC(=O)[C@H](C)NC(=O)[C@H](CC(=O)O)NC1=O. The molecule has 0 radical (unpaired) electrons. The van der Waals surface area contributed by atoms with Crippen molar-refractivity contribution in [2.45, 2.75) is 83.3 Å². The molecule has 17 nitrogen and oxygen atoms in total. The van der Waals surface area contributed by atoms with Gasteiger partial charge in [0.15, 0.2) is 0 Å². The molecule has 1 heterocycles. The largest absolute Gasteiger partial charge is 0.481 e. The second-order valence-corrected chi connectivity index (χ2v) is 9.62. The number of hydrogen-bond donors (Lipinski definition) is 9. The van der Waals surface area contributed by atoms with E-state index in [0.29, 0.717) is 0 Å². The molecule has 1 aliphatic heterocycles. The predicted molar refractivity (Wildman–Crippen MR) is 134 cm³/mol. The van der Waals surface area contributed by atoms with Crippen LogP contribution in [0.3, 0.4) is 0 Å². The van der Waals surface area contributed by atoms with Gasteiger partial charge in [-0.3, -0.25) is 38.4 Å². The number of aliphatic hydroxyl groups is 1. The van der Waals surface area contributed by atoms with Crippen LogP contribution in [0.2, 0.25) is 0 Å². The lowest BCUT2D eigenvalue weighted by atomic mass is 10.0. The highest BCUT2D eigenvalue weighted by atomic mass is 16.4. The van der Waals surface area contributed by atoms with Gasteiger partial charge in [-0.25, -0.2) is 0 Å². The first-order valence-corrected chi connectivity index (χ1v) is 12.4. The van der Waals surface area contributed by atoms with Gasteiger partial charge in [0, 0.05) is 6.42 Å². The minimum atomic E-state index is -1.66. The minimum Gasteiger partial charge on any atom is -0.481 e. The molecule has 17 heteroatoms. The van der Waals surface area contributed by atoms with Crippen molar-refractivity contribution in [3.63, 3.8) is 0 Å². The Morgan fingerprint density at radius 1 is 0.750 bits per heavy atom. The van der Waals surface area contributed by atoms with Crippen LogP contribution in [0, 0.1) is 5.92 Å². The van der Waals surface area contributed by atoms with Crippen LogP contribution in [-0.4, -0.2) is 106 Å². The van der Waals surface area contributed by atoms with Gasteiger partial charge in [0.1, 0.15) is 30.2 Å². The maximum Gasteiger partial charge on any atom is 0.305 e. The molecule has 9 N–H and O–H groups in total. The third-order valence-corrected chi connectivity index (χ3v) is 5.80. The molecule has 1 saturated heterocycles. The maximum atomic E-state index is 12.9. The Hall–Kier alpha value is -4.28. The van der Waals surface area contributed by atoms with Crippen LogP contribution in [0.1, 0.15) is 47.0 Å². The normalized spacial score (nSPS) is 26.6. The molecule has 224 valence electrons. The molecule has 1 fully saturated rings. The molecule has 0 unspecified atom stereocenters. The van der Waals surface area contributed by atoms with Gasteiger partial charge in [-0.1, -0.05) is 13.8 Å². The number of rotatable bonds is 7. The summed E-state index contributed by atoms with van der Waals surface area (Å²) < 4.78 is 0. The highest BCUT2D eigenvalue weighted by molar-refractivity contribution is 5.98. The highest BCUT2D eigenvalue weighted by Gasteiger charge is 2.34. The second-order valence-electron chi connectivity index (χ2n) is 9.62. The van der Waals surface area contributed by atoms with Crippen LogP contribution in [0.25, 0.3) is 0 Å². The van der Waals surface area contributed by atoms with Crippen LogP contribution < -0.4 is 31.9 Å². The fourth-order valence-corrected chi connectivity index (χ4v) is 3.55. The number of carboxylic acids is 2. The van der Waals surface area contributed by atoms with Gasteiger partial charge in [0.25, 0.3) is 0 Å². The molecule has 0 saturated carbocycles. The monoisotopic (exact) mass is 572 g/mol. The van der Waals surface area contributed by atoms with Crippen LogP contribution in [0.5, 0.6) is 0 Å². The molecule has 0 bridgehead atoms. The summed E-state index contributed by atoms with van der Waals surface area (Å²) in [5.74, 6) is -9.10. The molecular weight excluding hydrogens is 536 g/mol. The Labute approximate surface area is 229 Å². The zero-order valence-electron chi connectivity index (χ0n) is 22.5. The van der Waals surface area contributed by atoms with Crippen LogP contribution in [-0.2, 0) is 38.4 Å². The molecule has 1 aliphatic rings. The average Bonchev–Trinajstić information content (AvgIpc) is 2.84. The molecular formula is C23H36N6O11. The van der Waals surface area contributed by atoms with Gasteiger partial charge in [0.2, 0.25) is 35.4 Å². The number of amides is 6. The van der Waals surface area contributed by atoms with E-state index in [0.717, 1.165) is 0 Å². The van der Waals surface area contributed by atoms with Crippen molar-refractivity contribution < 1.29 is 53.7 Å². The summed E-state index contributed by atoms with van der Waals surface area (Å²) >= 11 is 0. The first-order chi connectivity index (χ1) is 18.5. The van der Waals surface area contributed by atoms with E-state index in [1.807, 2.05) is 0 Å². The van der Waals surface area contributed by atoms with E-state index in [2.05, 4.69) is 31.9 Å². The molecule has 0 aromatic carbocycles. The minimum absolute atomic E-state index is 0.432. The van der Waals surface area contributed by atoms with Gasteiger partial charge < -0.3 is 47.2 Å². The molecule has 0 spiro atoms. The Balaban J connectivity index is 3.42. The standard InChI is InChI=1S/C23H36N6O11/c1-9(2)17-23(40)27-13(7-16(34)35)21(38)25-10(3)19(36)26-12(5-6-15(32)33)20(37)29-18(11(4)30)22(39)24-8-14(31)28-17/h9-13,17-18,30H,5-8H2,1-4H3,(H,24,39)(H,25,38)(H,26,36)(H,27,40)(H,28,31)(H,29,37)(H,32,33)(H,34,35)/t10-,11+,12-,13-,17-,18-/m0/s1. The van der Waals surface area contributed by atoms with Crippen LogP contribution in [0.4, 0.5) is 0 Å². The lowest BCUT2D eigenvalue weighted by Gasteiger charge is -2.27. The summed E-state index contributed by atoms with van der Waals surface area (Å²) in [6.45, 7) is 4.80. The number of aliphatic carboxylic acids is 2. The first kappa shape index (κ1) is 33.7. The van der Waals surface area contributed by atoms with Crippen LogP contribution >= 0.6 is 0 Å². The van der Waals surface area contributed by atoms with E-state index >= 15 is 0 Å². The summed E-state index contributed by atoms with van der Waals surface area (Å²) in [5, 5.41) is 41.8. The van der Waals surface area contributed by atoms with E-state index in [9.17, 15) is 48.6 Å².